The number of rotatable bonds is 26. The number of aromatic nitrogens is 2. The maximum absolute atomic E-state index is 16.0. The lowest BCUT2D eigenvalue weighted by Gasteiger charge is -2.45. The third-order valence-corrected chi connectivity index (χ3v) is 32.1. The number of aliphatic hydroxyl groups is 6. The highest BCUT2D eigenvalue weighted by atomic mass is 32.2. The van der Waals surface area contributed by atoms with E-state index in [9.17, 15) is 126 Å². The smallest absolute Gasteiger partial charge is 0.306 e. The number of H-pyrrole nitrogens is 2. The number of ether oxygens (including phenoxy) is 3. The Kier molecular flexibility index (Phi) is 40.6. The van der Waals surface area contributed by atoms with Crippen molar-refractivity contribution in [2.45, 2.75) is 303 Å². The van der Waals surface area contributed by atoms with Crippen molar-refractivity contribution in [2.75, 3.05) is 64.0 Å². The summed E-state index contributed by atoms with van der Waals surface area (Å²) in [6.45, 7) is 9.24. The number of carboxylic acid groups (broad SMARTS) is 1. The second-order valence-electron chi connectivity index (χ2n) is 41.4. The molecule has 2 fully saturated rings. The molecule has 12 rings (SSSR count). The molecule has 4 aromatic rings. The molecule has 0 aliphatic carbocycles. The Morgan fingerprint density at radius 2 is 0.847 bits per heavy atom. The van der Waals surface area contributed by atoms with Gasteiger partial charge in [0, 0.05) is 136 Å². The van der Waals surface area contributed by atoms with E-state index in [1.165, 1.54) is 54.0 Å². The molecule has 48 nitrogen and oxygen atoms in total. The summed E-state index contributed by atoms with van der Waals surface area (Å²) < 4.78 is 49.2. The molecule has 150 heavy (non-hydrogen) atoms. The number of aliphatic carboxylic acids is 1. The van der Waals surface area contributed by atoms with Crippen LogP contribution in [-0.2, 0) is 135 Å². The van der Waals surface area contributed by atoms with E-state index in [1.54, 1.807) is 54.5 Å². The number of hydrogen-bond acceptors (Lipinski definition) is 33. The van der Waals surface area contributed by atoms with Crippen LogP contribution in [0.25, 0.3) is 21.8 Å². The van der Waals surface area contributed by atoms with E-state index < -0.39 is 392 Å². The maximum Gasteiger partial charge on any atom is 0.306 e. The summed E-state index contributed by atoms with van der Waals surface area (Å²) in [5, 5.41) is 101. The molecule has 10 heterocycles. The summed E-state index contributed by atoms with van der Waals surface area (Å²) >= 11 is 0. The fraction of sp³-hybridized carbons (Fsp3) is 0.640. The van der Waals surface area contributed by atoms with E-state index in [4.69, 9.17) is 25.7 Å². The summed E-state index contributed by atoms with van der Waals surface area (Å²) in [7, 11) is -4.63. The van der Waals surface area contributed by atoms with E-state index in [0.29, 0.717) is 23.6 Å². The highest BCUT2D eigenvalue weighted by molar-refractivity contribution is 7.85. The number of carbonyl (C=O) groups excluding carboxylic acids is 19. The summed E-state index contributed by atoms with van der Waals surface area (Å²) in [5.74, 6) is -29.1. The van der Waals surface area contributed by atoms with E-state index >= 15 is 14.4 Å². The van der Waals surface area contributed by atoms with Gasteiger partial charge in [0.05, 0.1) is 144 Å². The normalized spacial score (nSPS) is 29.0. The number of fused-ring (bicyclic) bond motifs is 14. The molecule has 24 atom stereocenters. The van der Waals surface area contributed by atoms with Crippen LogP contribution in [0.1, 0.15) is 202 Å². The number of Topliss-reactive ketones (excluding diaryl/α,β-unsaturated/α-hetero) is 6. The number of benzene rings is 2. The lowest BCUT2D eigenvalue weighted by molar-refractivity contribution is -0.168. The molecule has 0 spiro atoms. The van der Waals surface area contributed by atoms with Gasteiger partial charge >= 0.3 is 11.9 Å². The number of nitrogens with one attached hydrogen (secondary N) is 12. The molecule has 0 radical (unpaired) electrons. The lowest BCUT2D eigenvalue weighted by atomic mass is 9.82. The number of primary amides is 2. The largest absolute Gasteiger partial charge is 0.481 e. The summed E-state index contributed by atoms with van der Waals surface area (Å²) in [5.41, 5.74) is 6.84. The summed E-state index contributed by atoms with van der Waals surface area (Å²) in [6.07, 6.45) is -11.4. The van der Waals surface area contributed by atoms with Gasteiger partial charge in [-0.15, -0.1) is 0 Å². The van der Waals surface area contributed by atoms with Gasteiger partial charge in [-0.05, 0) is 119 Å². The average molecular weight is 2140 g/mol. The van der Waals surface area contributed by atoms with Gasteiger partial charge in [-0.2, -0.15) is 0 Å². The highest BCUT2D eigenvalue weighted by Crippen LogP contribution is 2.45. The predicted molar refractivity (Wildman–Crippen MR) is 532 cm³/mol. The van der Waals surface area contributed by atoms with Gasteiger partial charge in [-0.3, -0.25) is 104 Å². The van der Waals surface area contributed by atoms with Crippen molar-refractivity contribution >= 4 is 161 Å². The molecule has 2 saturated heterocycles. The van der Waals surface area contributed by atoms with E-state index in [1.807, 2.05) is 0 Å². The van der Waals surface area contributed by atoms with Gasteiger partial charge < -0.3 is 125 Å². The molecular formula is C100H140N16O32S2. The van der Waals surface area contributed by atoms with Crippen molar-refractivity contribution in [1.29, 1.82) is 0 Å². The first-order chi connectivity index (χ1) is 70.8. The number of unbranched alkanes of at least 4 members (excludes halogenated alkanes) is 4. The number of aliphatic hydroxyl groups excluding tert-OH is 6. The van der Waals surface area contributed by atoms with Gasteiger partial charge in [0.25, 0.3) is 0 Å². The van der Waals surface area contributed by atoms with Crippen LogP contribution >= 0.6 is 0 Å². The minimum absolute atomic E-state index is 0.0130. The predicted octanol–water partition coefficient (Wildman–Crippen LogP) is -3.30. The highest BCUT2D eigenvalue weighted by Gasteiger charge is 2.60. The monoisotopic (exact) mass is 2140 g/mol. The molecule has 12 amide bonds. The van der Waals surface area contributed by atoms with Crippen LogP contribution in [0.4, 0.5) is 0 Å². The second kappa shape index (κ2) is 51.7. The maximum atomic E-state index is 16.0. The molecule has 2 aromatic carbocycles. The van der Waals surface area contributed by atoms with Crippen molar-refractivity contribution in [2.24, 2.45) is 58.8 Å². The molecule has 2 aromatic heterocycles. The number of nitrogens with zero attached hydrogens (tertiary/aromatic N) is 2. The molecule has 8 unspecified atom stereocenters. The second-order valence-corrected chi connectivity index (χ2v) is 44.3. The Morgan fingerprint density at radius 1 is 0.480 bits per heavy atom. The minimum Gasteiger partial charge on any atom is -0.481 e. The van der Waals surface area contributed by atoms with Crippen LogP contribution < -0.4 is 74.1 Å². The molecule has 0 saturated carbocycles. The van der Waals surface area contributed by atoms with Crippen molar-refractivity contribution < 1.29 is 154 Å². The fourth-order valence-electron chi connectivity index (χ4n) is 20.7. The van der Waals surface area contributed by atoms with Gasteiger partial charge in [-0.1, -0.05) is 67.2 Å². The van der Waals surface area contributed by atoms with E-state index in [2.05, 4.69) is 63.1 Å². The molecule has 23 N–H and O–H groups in total. The zero-order valence-electron chi connectivity index (χ0n) is 85.3. The Balaban J connectivity index is 0.000000285. The van der Waals surface area contributed by atoms with Crippen molar-refractivity contribution in [3.63, 3.8) is 0 Å². The van der Waals surface area contributed by atoms with Gasteiger partial charge in [0.15, 0.2) is 34.7 Å². The zero-order chi connectivity index (χ0) is 110. The first-order valence-electron chi connectivity index (χ1n) is 50.8. The van der Waals surface area contributed by atoms with E-state index in [-0.39, 0.29) is 121 Å². The topological polar surface area (TPSA) is 755 Å². The first kappa shape index (κ1) is 118. The van der Waals surface area contributed by atoms with Gasteiger partial charge in [-0.25, -0.2) is 9.80 Å². The molecule has 50 heteroatoms. The standard InChI is InChI=1S/C52H74N8O16S.C48H66N8O16S/c1-7-26(2)44-49(73)55-21-41(67)56-35-25-77(74)50-33-15-29(47(71)54-22-42(68)58-44)17-38(64)45(27(3)39(65)24-61)59-48(72)36-19-30(62)23-60(36)52(46(70)28(16-37(35)63)18-40(53)66,75-31-12-13-32(33)34(20-31)57-50)14-10-8-9-11-43(69)76-51(4,5)6;1-4-23(2)41-46(70)51-18-38(63)52-32-22-73(71)47-30-12-26(44(68)50-19-39(64)54-41)14-35(60)42(24(3)36(61)21-57)55-45(69)33-16-27(58)20-56(33)48(11-7-5-6-8-40(65)66,43(67)25(13-34(32)59)15-37(49)62)72-28-9-10-29(30)31(17-28)53-47/h12-13,20,26-30,35-36,39,44-45,57,61-62,65H,7-11,14-19,21-25H2,1-6H3,(H2,53,66)(H,54,71)(H,55,73)(H,56,67)(H,58,68)(H,59,72);9-10,17,23-27,32-33,36,41-42,53,57-58,61H,4-8,11-16,18-22H2,1-3H3,(H2,49,62)(H,50,68)(H,51,70)(H,52,63)(H,54,64)(H,55,69)(H,65,66)/t26-,27-,28-,29?,30?,35?,36-,39-,44-,45-,52?,77+;23-,24-,25-,26?,27?,32?,33-,36-,41-,42-,48?,73+/m00/s1. The summed E-state index contributed by atoms with van der Waals surface area (Å²) in [6, 6.07) is -3.39. The van der Waals surface area contributed by atoms with E-state index in [0.717, 1.165) is 0 Å². The van der Waals surface area contributed by atoms with Gasteiger partial charge in [0.1, 0.15) is 39.2 Å². The van der Waals surface area contributed by atoms with Crippen LogP contribution in [0.5, 0.6) is 11.5 Å². The van der Waals surface area contributed by atoms with Crippen molar-refractivity contribution in [3.05, 3.63) is 47.5 Å². The molecule has 8 aliphatic heterocycles. The molecular weight excluding hydrogens is 2000 g/mol. The zero-order valence-corrected chi connectivity index (χ0v) is 87.0. The Bertz CT molecular complexity index is 5850. The quantitative estimate of drug-likeness (QED) is 0.0216. The SMILES string of the molecule is CC[C@H](C)[C@@H]1NC(=O)CNC(=O)C2CC(=O)[C@H]([C@@H](C)[C@@H](O)CO)NC(=O)[C@@H]3CC(O)CN3C3(CCCCCC(=O)O)Oc4ccc5c(c([nH]c5c4)[S@](=O)CC(NC(=O)CNC1=O)C(=O)C[C@@H](CC(N)=O)C3=O)C2.CC[C@H](C)[C@@H]1NC(=O)CNC(=O)C2CC(=O)[C@H]([C@@H](C)[C@@H](O)CO)NC(=O)[C@@H]3CC(O)CN3C3(CCCCCC(=O)OC(C)(C)C)Oc4ccc5c(c([nH]c5c4)[S@](=O)CC(NC(=O)CNC1=O)C(=O)C[C@@H](CC(N)=O)C3=O)C2. The van der Waals surface area contributed by atoms with Crippen LogP contribution in [0.15, 0.2) is 46.5 Å². The third kappa shape index (κ3) is 29.1. The van der Waals surface area contributed by atoms with Crippen LogP contribution in [-0.4, -0.2) is 335 Å². The minimum atomic E-state index is -2.40. The number of ketones is 6. The molecule has 8 aliphatic rings. The number of carbonyl (C=O) groups is 20. The number of nitrogens with two attached hydrogens (primary N) is 2. The number of aromatic amines is 2. The van der Waals surface area contributed by atoms with Crippen LogP contribution in [0.2, 0.25) is 0 Å². The first-order valence-corrected chi connectivity index (χ1v) is 53.5. The molecule has 16 bridgehead atoms. The van der Waals surface area contributed by atoms with Crippen LogP contribution in [0.3, 0.4) is 0 Å². The molecule has 824 valence electrons. The van der Waals surface area contributed by atoms with Crippen LogP contribution in [0, 0.1) is 47.3 Å². The number of carboxylic acids is 1. The Morgan fingerprint density at radius 3 is 1.20 bits per heavy atom. The fourth-order valence-corrected chi connectivity index (χ4v) is 23.5. The summed E-state index contributed by atoms with van der Waals surface area (Å²) in [4.78, 5) is 292. The Hall–Kier alpha value is -12.3. The van der Waals surface area contributed by atoms with Crippen molar-refractivity contribution in [3.8, 4) is 11.5 Å². The lowest BCUT2D eigenvalue weighted by Crippen LogP contribution is -2.65. The average Bonchev–Trinajstić information content (AvgIpc) is 1.55. The van der Waals surface area contributed by atoms with Gasteiger partial charge in [0.2, 0.25) is 82.3 Å². The Labute approximate surface area is 868 Å². The third-order valence-electron chi connectivity index (χ3n) is 29.2. The number of esters is 1. The number of amides is 12. The van der Waals surface area contributed by atoms with Crippen molar-refractivity contribution in [1.82, 2.24) is 72.9 Å². The number of hydrogen-bond donors (Lipinski definition) is 21.